The second-order valence-electron chi connectivity index (χ2n) is 5.16. The summed E-state index contributed by atoms with van der Waals surface area (Å²) in [7, 11) is 2.12. The molecule has 1 aliphatic rings. The molecule has 0 radical (unpaired) electrons. The number of hydrogen-bond donors (Lipinski definition) is 1. The Hall–Kier alpha value is -1.92. The number of thiazole rings is 1. The van der Waals surface area contributed by atoms with Crippen molar-refractivity contribution in [3.05, 3.63) is 35.2 Å². The zero-order valence-electron chi connectivity index (χ0n) is 11.8. The van der Waals surface area contributed by atoms with E-state index >= 15 is 0 Å². The zero-order chi connectivity index (χ0) is 14.8. The average Bonchev–Trinajstić information content (AvgIpc) is 2.97. The van der Waals surface area contributed by atoms with Crippen molar-refractivity contribution in [2.45, 2.75) is 0 Å². The van der Waals surface area contributed by atoms with Crippen LogP contribution in [0.1, 0.15) is 10.4 Å². The summed E-state index contributed by atoms with van der Waals surface area (Å²) >= 11 is 1.58. The molecule has 5 nitrogen and oxygen atoms in total. The average molecular weight is 303 g/mol. The summed E-state index contributed by atoms with van der Waals surface area (Å²) in [5.41, 5.74) is 1.72. The highest BCUT2D eigenvalue weighted by Gasteiger charge is 2.19. The van der Waals surface area contributed by atoms with Crippen LogP contribution in [-0.2, 0) is 0 Å². The lowest BCUT2D eigenvalue weighted by atomic mass is 10.1. The molecule has 110 valence electrons. The van der Waals surface area contributed by atoms with Crippen LogP contribution in [0.4, 0.5) is 5.13 Å². The molecule has 1 aromatic carbocycles. The van der Waals surface area contributed by atoms with Crippen LogP contribution in [0, 0.1) is 0 Å². The smallest absolute Gasteiger partial charge is 0.336 e. The van der Waals surface area contributed by atoms with E-state index in [-0.39, 0.29) is 0 Å². The van der Waals surface area contributed by atoms with Crippen molar-refractivity contribution in [1.82, 2.24) is 9.88 Å². The Balaban J connectivity index is 1.87. The largest absolute Gasteiger partial charge is 0.478 e. The highest BCUT2D eigenvalue weighted by molar-refractivity contribution is 7.14. The molecule has 2 aromatic rings. The lowest BCUT2D eigenvalue weighted by Crippen LogP contribution is -2.44. The maximum atomic E-state index is 11.3. The van der Waals surface area contributed by atoms with Gasteiger partial charge in [0.25, 0.3) is 0 Å². The molecule has 0 spiro atoms. The van der Waals surface area contributed by atoms with Gasteiger partial charge in [-0.3, -0.25) is 0 Å². The second-order valence-corrected chi connectivity index (χ2v) is 5.99. The molecule has 0 bridgehead atoms. The quantitative estimate of drug-likeness (QED) is 0.942. The van der Waals surface area contributed by atoms with Crippen LogP contribution < -0.4 is 4.90 Å². The lowest BCUT2D eigenvalue weighted by molar-refractivity contribution is 0.0697. The number of piperazine rings is 1. The van der Waals surface area contributed by atoms with E-state index in [9.17, 15) is 9.90 Å². The summed E-state index contributed by atoms with van der Waals surface area (Å²) in [5.74, 6) is -0.917. The van der Waals surface area contributed by atoms with Crippen LogP contribution >= 0.6 is 11.3 Å². The predicted octanol–water partition coefficient (Wildman–Crippen LogP) is 2.26. The van der Waals surface area contributed by atoms with Crippen LogP contribution in [0.2, 0.25) is 0 Å². The number of anilines is 1. The first-order valence-corrected chi connectivity index (χ1v) is 7.75. The molecule has 1 aromatic heterocycles. The molecule has 21 heavy (non-hydrogen) atoms. The van der Waals surface area contributed by atoms with Crippen LogP contribution in [-0.4, -0.2) is 54.2 Å². The van der Waals surface area contributed by atoms with E-state index in [1.54, 1.807) is 23.5 Å². The molecule has 0 amide bonds. The third-order valence-corrected chi connectivity index (χ3v) is 4.60. The Morgan fingerprint density at radius 1 is 1.24 bits per heavy atom. The Bertz CT molecular complexity index is 648. The number of rotatable bonds is 3. The van der Waals surface area contributed by atoms with Gasteiger partial charge in [0.1, 0.15) is 0 Å². The van der Waals surface area contributed by atoms with E-state index < -0.39 is 5.97 Å². The molecule has 2 heterocycles. The lowest BCUT2D eigenvalue weighted by Gasteiger charge is -2.32. The minimum absolute atomic E-state index is 0.299. The molecule has 0 unspecified atom stereocenters. The Kier molecular flexibility index (Phi) is 3.90. The van der Waals surface area contributed by atoms with Crippen molar-refractivity contribution in [3.8, 4) is 11.3 Å². The fourth-order valence-corrected chi connectivity index (χ4v) is 3.30. The van der Waals surface area contributed by atoms with Gasteiger partial charge >= 0.3 is 5.97 Å². The van der Waals surface area contributed by atoms with Gasteiger partial charge in [0.05, 0.1) is 11.3 Å². The molecule has 0 aliphatic carbocycles. The van der Waals surface area contributed by atoms with Gasteiger partial charge in [-0.15, -0.1) is 11.3 Å². The van der Waals surface area contributed by atoms with Gasteiger partial charge < -0.3 is 14.9 Å². The molecule has 0 saturated carbocycles. The van der Waals surface area contributed by atoms with Crippen molar-refractivity contribution in [2.24, 2.45) is 0 Å². The number of hydrogen-bond acceptors (Lipinski definition) is 5. The number of benzene rings is 1. The summed E-state index contributed by atoms with van der Waals surface area (Å²) in [6.45, 7) is 3.98. The van der Waals surface area contributed by atoms with E-state index in [1.165, 1.54) is 0 Å². The van der Waals surface area contributed by atoms with Crippen molar-refractivity contribution in [3.63, 3.8) is 0 Å². The van der Waals surface area contributed by atoms with Gasteiger partial charge in [-0.1, -0.05) is 18.2 Å². The summed E-state index contributed by atoms with van der Waals surface area (Å²) in [6, 6.07) is 7.01. The van der Waals surface area contributed by atoms with Gasteiger partial charge in [0, 0.05) is 37.1 Å². The van der Waals surface area contributed by atoms with E-state index in [0.717, 1.165) is 37.0 Å². The first kappa shape index (κ1) is 14.0. The third kappa shape index (κ3) is 2.91. The number of carbonyl (C=O) groups is 1. The van der Waals surface area contributed by atoms with Gasteiger partial charge in [-0.25, -0.2) is 9.78 Å². The summed E-state index contributed by atoms with van der Waals surface area (Å²) < 4.78 is 0. The standard InChI is InChI=1S/C15H17N3O2S/c1-17-6-8-18(9-7-17)15-16-13(10-21-15)11-4-2-3-5-12(11)14(19)20/h2-5,10H,6-9H2,1H3,(H,19,20). The zero-order valence-corrected chi connectivity index (χ0v) is 12.6. The van der Waals surface area contributed by atoms with Crippen LogP contribution in [0.15, 0.2) is 29.6 Å². The maximum absolute atomic E-state index is 11.3. The Labute approximate surface area is 127 Å². The first-order valence-electron chi connectivity index (χ1n) is 6.87. The number of carboxylic acid groups (broad SMARTS) is 1. The summed E-state index contributed by atoms with van der Waals surface area (Å²) in [4.78, 5) is 20.5. The fraction of sp³-hybridized carbons (Fsp3) is 0.333. The minimum Gasteiger partial charge on any atom is -0.478 e. The van der Waals surface area contributed by atoms with Crippen molar-refractivity contribution in [1.29, 1.82) is 0 Å². The molecule has 1 fully saturated rings. The van der Waals surface area contributed by atoms with Gasteiger partial charge in [-0.05, 0) is 13.1 Å². The number of likely N-dealkylation sites (N-methyl/N-ethyl adjacent to an activating group) is 1. The molecular weight excluding hydrogens is 286 g/mol. The maximum Gasteiger partial charge on any atom is 0.336 e. The summed E-state index contributed by atoms with van der Waals surface area (Å²) in [6.07, 6.45) is 0. The number of nitrogens with zero attached hydrogens (tertiary/aromatic N) is 3. The molecule has 1 N–H and O–H groups in total. The van der Waals surface area contributed by atoms with Crippen LogP contribution in [0.5, 0.6) is 0 Å². The van der Waals surface area contributed by atoms with Crippen LogP contribution in [0.3, 0.4) is 0 Å². The van der Waals surface area contributed by atoms with E-state index in [1.807, 2.05) is 17.5 Å². The van der Waals surface area contributed by atoms with E-state index in [0.29, 0.717) is 11.1 Å². The monoisotopic (exact) mass is 303 g/mol. The second kappa shape index (κ2) is 5.83. The molecule has 1 aliphatic heterocycles. The topological polar surface area (TPSA) is 56.7 Å². The predicted molar refractivity (Wildman–Crippen MR) is 84.2 cm³/mol. The molecular formula is C15H17N3O2S. The Morgan fingerprint density at radius 3 is 2.67 bits per heavy atom. The third-order valence-electron chi connectivity index (χ3n) is 3.70. The molecule has 0 atom stereocenters. The van der Waals surface area contributed by atoms with Crippen molar-refractivity contribution < 1.29 is 9.90 Å². The van der Waals surface area contributed by atoms with Crippen molar-refractivity contribution >= 4 is 22.4 Å². The number of aromatic nitrogens is 1. The molecule has 6 heteroatoms. The number of aromatic carboxylic acids is 1. The highest BCUT2D eigenvalue weighted by atomic mass is 32.1. The highest BCUT2D eigenvalue weighted by Crippen LogP contribution is 2.30. The normalized spacial score (nSPS) is 16.1. The first-order chi connectivity index (χ1) is 10.1. The number of carboxylic acids is 1. The van der Waals surface area contributed by atoms with E-state index in [2.05, 4.69) is 21.8 Å². The van der Waals surface area contributed by atoms with Crippen LogP contribution in [0.25, 0.3) is 11.3 Å². The SMILES string of the molecule is CN1CCN(c2nc(-c3ccccc3C(=O)O)cs2)CC1. The molecule has 1 saturated heterocycles. The van der Waals surface area contributed by atoms with Gasteiger partial charge in [0.2, 0.25) is 0 Å². The molecule has 3 rings (SSSR count). The summed E-state index contributed by atoms with van der Waals surface area (Å²) in [5, 5.41) is 12.2. The van der Waals surface area contributed by atoms with Crippen molar-refractivity contribution in [2.75, 3.05) is 38.1 Å². The Morgan fingerprint density at radius 2 is 1.95 bits per heavy atom. The minimum atomic E-state index is -0.917. The van der Waals surface area contributed by atoms with Gasteiger partial charge in [-0.2, -0.15) is 0 Å². The fourth-order valence-electron chi connectivity index (χ4n) is 2.42. The van der Waals surface area contributed by atoms with E-state index in [4.69, 9.17) is 0 Å². The van der Waals surface area contributed by atoms with Gasteiger partial charge in [0.15, 0.2) is 5.13 Å².